The second-order valence-electron chi connectivity index (χ2n) is 6.93. The van der Waals surface area contributed by atoms with Crippen LogP contribution in [0.4, 0.5) is 0 Å². The lowest BCUT2D eigenvalue weighted by atomic mass is 10.0. The molecule has 1 unspecified atom stereocenters. The van der Waals surface area contributed by atoms with E-state index in [0.29, 0.717) is 5.69 Å². The standard InChI is InChI=1S/C22H19N3OS2/c26-22(17-14-27-20(24-17)15-8-2-1-3-9-15)25-13-7-6-11-18(25)21-23-16-10-4-5-12-19(16)28-21/h1-5,8-10,12,14,18H,6-7,11,13H2. The van der Waals surface area contributed by atoms with Crippen molar-refractivity contribution in [3.05, 3.63) is 70.7 Å². The molecular formula is C22H19N3OS2. The van der Waals surface area contributed by atoms with Crippen LogP contribution in [0.1, 0.15) is 40.8 Å². The van der Waals surface area contributed by atoms with Crippen molar-refractivity contribution in [1.82, 2.24) is 14.9 Å². The molecule has 3 heterocycles. The quantitative estimate of drug-likeness (QED) is 0.433. The fourth-order valence-corrected chi connectivity index (χ4v) is 5.61. The summed E-state index contributed by atoms with van der Waals surface area (Å²) < 4.78 is 1.18. The lowest BCUT2D eigenvalue weighted by Crippen LogP contribution is -2.38. The number of thiazole rings is 2. The Morgan fingerprint density at radius 3 is 2.68 bits per heavy atom. The molecule has 0 radical (unpaired) electrons. The van der Waals surface area contributed by atoms with Crippen LogP contribution >= 0.6 is 22.7 Å². The molecule has 28 heavy (non-hydrogen) atoms. The summed E-state index contributed by atoms with van der Waals surface area (Å²) in [5.74, 6) is 0.0161. The molecule has 0 aliphatic carbocycles. The van der Waals surface area contributed by atoms with Gasteiger partial charge in [-0.2, -0.15) is 0 Å². The van der Waals surface area contributed by atoms with Crippen molar-refractivity contribution in [2.24, 2.45) is 0 Å². The molecule has 0 saturated carbocycles. The molecule has 1 fully saturated rings. The van der Waals surface area contributed by atoms with Gasteiger partial charge in [0.05, 0.1) is 16.3 Å². The predicted molar refractivity (Wildman–Crippen MR) is 115 cm³/mol. The van der Waals surface area contributed by atoms with Crippen LogP contribution in [-0.2, 0) is 0 Å². The second-order valence-corrected chi connectivity index (χ2v) is 8.85. The summed E-state index contributed by atoms with van der Waals surface area (Å²) in [5.41, 5.74) is 2.60. The van der Waals surface area contributed by atoms with Gasteiger partial charge in [0.2, 0.25) is 0 Å². The molecule has 1 aliphatic rings. The number of hydrogen-bond donors (Lipinski definition) is 0. The number of fused-ring (bicyclic) bond motifs is 1. The minimum atomic E-state index is 0.0161. The third-order valence-corrected chi connectivity index (χ3v) is 7.13. The van der Waals surface area contributed by atoms with E-state index in [1.807, 2.05) is 58.8 Å². The molecular weight excluding hydrogens is 386 g/mol. The first-order chi connectivity index (χ1) is 13.8. The van der Waals surface area contributed by atoms with Gasteiger partial charge >= 0.3 is 0 Å². The Hall–Kier alpha value is -2.57. The van der Waals surface area contributed by atoms with Gasteiger partial charge in [0.25, 0.3) is 5.91 Å². The highest BCUT2D eigenvalue weighted by atomic mass is 32.1. The molecule has 5 rings (SSSR count). The van der Waals surface area contributed by atoms with Gasteiger partial charge in [-0.1, -0.05) is 42.5 Å². The fourth-order valence-electron chi connectivity index (χ4n) is 3.70. The lowest BCUT2D eigenvalue weighted by Gasteiger charge is -2.34. The van der Waals surface area contributed by atoms with Crippen molar-refractivity contribution < 1.29 is 4.79 Å². The average Bonchev–Trinajstić information content (AvgIpc) is 3.41. The minimum Gasteiger partial charge on any atom is -0.328 e. The number of aromatic nitrogens is 2. The average molecular weight is 406 g/mol. The summed E-state index contributed by atoms with van der Waals surface area (Å²) in [5, 5.41) is 3.81. The highest BCUT2D eigenvalue weighted by Gasteiger charge is 2.32. The topological polar surface area (TPSA) is 46.1 Å². The van der Waals surface area contributed by atoms with Gasteiger partial charge in [-0.25, -0.2) is 9.97 Å². The molecule has 1 atom stereocenters. The van der Waals surface area contributed by atoms with Crippen molar-refractivity contribution >= 4 is 38.8 Å². The van der Waals surface area contributed by atoms with Crippen LogP contribution in [0.25, 0.3) is 20.8 Å². The highest BCUT2D eigenvalue weighted by molar-refractivity contribution is 7.18. The summed E-state index contributed by atoms with van der Waals surface area (Å²) in [6.45, 7) is 0.762. The van der Waals surface area contributed by atoms with Crippen molar-refractivity contribution in [1.29, 1.82) is 0 Å². The monoisotopic (exact) mass is 405 g/mol. The SMILES string of the molecule is O=C(c1csc(-c2ccccc2)n1)N1CCCCC1c1nc2ccccc2s1. The van der Waals surface area contributed by atoms with Gasteiger partial charge in [0.15, 0.2) is 0 Å². The van der Waals surface area contributed by atoms with E-state index in [1.54, 1.807) is 11.3 Å². The molecule has 6 heteroatoms. The van der Waals surface area contributed by atoms with E-state index in [9.17, 15) is 4.79 Å². The molecule has 1 aliphatic heterocycles. The maximum Gasteiger partial charge on any atom is 0.273 e. The van der Waals surface area contributed by atoms with Crippen molar-refractivity contribution in [2.45, 2.75) is 25.3 Å². The number of likely N-dealkylation sites (tertiary alicyclic amines) is 1. The van der Waals surface area contributed by atoms with Crippen LogP contribution in [-0.4, -0.2) is 27.3 Å². The molecule has 4 nitrogen and oxygen atoms in total. The van der Waals surface area contributed by atoms with E-state index in [2.05, 4.69) is 11.1 Å². The zero-order valence-corrected chi connectivity index (χ0v) is 16.9. The number of para-hydroxylation sites is 1. The normalized spacial score (nSPS) is 17.1. The molecule has 0 N–H and O–H groups in total. The van der Waals surface area contributed by atoms with Gasteiger partial charge in [-0.3, -0.25) is 4.79 Å². The Labute approximate surface area is 171 Å². The van der Waals surface area contributed by atoms with Gasteiger partial charge in [-0.05, 0) is 31.4 Å². The number of nitrogens with zero attached hydrogens (tertiary/aromatic N) is 3. The van der Waals surface area contributed by atoms with Crippen molar-refractivity contribution in [2.75, 3.05) is 6.54 Å². The Kier molecular flexibility index (Phi) is 4.66. The first-order valence-electron chi connectivity index (χ1n) is 9.47. The Morgan fingerprint density at radius 2 is 1.82 bits per heavy atom. The van der Waals surface area contributed by atoms with Crippen LogP contribution in [0.2, 0.25) is 0 Å². The highest BCUT2D eigenvalue weighted by Crippen LogP contribution is 2.36. The summed E-state index contributed by atoms with van der Waals surface area (Å²) >= 11 is 3.22. The fraction of sp³-hybridized carbons (Fsp3) is 0.227. The van der Waals surface area contributed by atoms with E-state index >= 15 is 0 Å². The van der Waals surface area contributed by atoms with Crippen LogP contribution in [0.3, 0.4) is 0 Å². The van der Waals surface area contributed by atoms with Gasteiger partial charge < -0.3 is 4.90 Å². The smallest absolute Gasteiger partial charge is 0.273 e. The van der Waals surface area contributed by atoms with Crippen LogP contribution < -0.4 is 0 Å². The molecule has 1 amide bonds. The van der Waals surface area contributed by atoms with Crippen LogP contribution in [0.15, 0.2) is 60.0 Å². The first-order valence-corrected chi connectivity index (χ1v) is 11.2. The Balaban J connectivity index is 1.45. The number of carbonyl (C=O) groups excluding carboxylic acids is 1. The molecule has 0 spiro atoms. The summed E-state index contributed by atoms with van der Waals surface area (Å²) in [7, 11) is 0. The van der Waals surface area contributed by atoms with Gasteiger partial charge in [-0.15, -0.1) is 22.7 Å². The van der Waals surface area contributed by atoms with Crippen LogP contribution in [0, 0.1) is 0 Å². The number of rotatable bonds is 3. The van der Waals surface area contributed by atoms with E-state index in [-0.39, 0.29) is 11.9 Å². The zero-order chi connectivity index (χ0) is 18.9. The summed E-state index contributed by atoms with van der Waals surface area (Å²) in [6.07, 6.45) is 3.11. The summed E-state index contributed by atoms with van der Waals surface area (Å²) in [4.78, 5) is 24.7. The predicted octanol–water partition coefficient (Wildman–Crippen LogP) is 5.79. The van der Waals surface area contributed by atoms with Crippen LogP contribution in [0.5, 0.6) is 0 Å². The van der Waals surface area contributed by atoms with Gasteiger partial charge in [0, 0.05) is 17.5 Å². The molecule has 1 saturated heterocycles. The maximum atomic E-state index is 13.3. The van der Waals surface area contributed by atoms with Gasteiger partial charge in [0.1, 0.15) is 15.7 Å². The van der Waals surface area contributed by atoms with E-state index in [4.69, 9.17) is 4.98 Å². The van der Waals surface area contributed by atoms with Crippen molar-refractivity contribution in [3.8, 4) is 10.6 Å². The number of amides is 1. The number of carbonyl (C=O) groups is 1. The Bertz CT molecular complexity index is 1090. The first kappa shape index (κ1) is 17.5. The van der Waals surface area contributed by atoms with E-state index in [0.717, 1.165) is 46.9 Å². The minimum absolute atomic E-state index is 0.0161. The Morgan fingerprint density at radius 1 is 1.00 bits per heavy atom. The third-order valence-electron chi connectivity index (χ3n) is 5.10. The van der Waals surface area contributed by atoms with E-state index < -0.39 is 0 Å². The molecule has 2 aromatic carbocycles. The number of benzene rings is 2. The van der Waals surface area contributed by atoms with E-state index in [1.165, 1.54) is 16.0 Å². The zero-order valence-electron chi connectivity index (χ0n) is 15.2. The molecule has 2 aromatic heterocycles. The largest absolute Gasteiger partial charge is 0.328 e. The lowest BCUT2D eigenvalue weighted by molar-refractivity contribution is 0.0606. The van der Waals surface area contributed by atoms with Crippen molar-refractivity contribution in [3.63, 3.8) is 0 Å². The summed E-state index contributed by atoms with van der Waals surface area (Å²) in [6, 6.07) is 18.2. The molecule has 0 bridgehead atoms. The maximum absolute atomic E-state index is 13.3. The number of hydrogen-bond acceptors (Lipinski definition) is 5. The molecule has 140 valence electrons. The third kappa shape index (κ3) is 3.23. The molecule has 4 aromatic rings. The number of piperidine rings is 1. The second kappa shape index (κ2) is 7.45.